The number of carboxylic acids is 1. The molecule has 208 valence electrons. The molecule has 5 heteroatoms. The van der Waals surface area contributed by atoms with Crippen LogP contribution >= 0.6 is 0 Å². The number of carbonyl (C=O) groups is 1. The minimum atomic E-state index is -0.615. The van der Waals surface area contributed by atoms with Crippen LogP contribution in [0.1, 0.15) is 80.4 Å². The van der Waals surface area contributed by atoms with Gasteiger partial charge in [0.25, 0.3) is 0 Å². The van der Waals surface area contributed by atoms with E-state index in [2.05, 4.69) is 58.3 Å². The fourth-order valence-electron chi connectivity index (χ4n) is 7.63. The molecule has 3 aliphatic rings. The Morgan fingerprint density at radius 1 is 0.949 bits per heavy atom. The zero-order valence-corrected chi connectivity index (χ0v) is 23.4. The van der Waals surface area contributed by atoms with Crippen LogP contribution in [-0.2, 0) is 11.2 Å². The largest absolute Gasteiger partial charge is 0.480 e. The summed E-state index contributed by atoms with van der Waals surface area (Å²) in [6.07, 6.45) is 11.8. The standard InChI is InChI=1S/C34H45N3O2/c35-22-28-16-14-26(15-17-28)8-7-9-27-18-20-36(21-19-27)23-31-24-37(25-32(31)29-10-3-1-4-11-29)33(34(38)39)30-12-5-2-6-13-30/h1,3-4,10-11,14-17,27,30-33H,2,5-9,12-13,18-21,23-25H2,(H,38,39)/t31-,32+,33+/m0/s1. The van der Waals surface area contributed by atoms with Crippen molar-refractivity contribution in [3.63, 3.8) is 0 Å². The number of nitriles is 1. The number of carboxylic acid groups (broad SMARTS) is 1. The molecule has 3 fully saturated rings. The lowest BCUT2D eigenvalue weighted by Crippen LogP contribution is -2.46. The van der Waals surface area contributed by atoms with E-state index in [-0.39, 0.29) is 6.04 Å². The van der Waals surface area contributed by atoms with Crippen LogP contribution in [0.3, 0.4) is 0 Å². The van der Waals surface area contributed by atoms with Crippen LogP contribution in [0.2, 0.25) is 0 Å². The Labute approximate surface area is 234 Å². The molecule has 5 rings (SSSR count). The Bertz CT molecular complexity index is 1080. The highest BCUT2D eigenvalue weighted by molar-refractivity contribution is 5.74. The highest BCUT2D eigenvalue weighted by Crippen LogP contribution is 2.38. The number of piperidine rings is 1. The van der Waals surface area contributed by atoms with E-state index in [0.29, 0.717) is 17.8 Å². The van der Waals surface area contributed by atoms with E-state index in [1.54, 1.807) is 0 Å². The summed E-state index contributed by atoms with van der Waals surface area (Å²) < 4.78 is 0. The third-order valence-electron chi connectivity index (χ3n) is 9.80. The van der Waals surface area contributed by atoms with E-state index in [0.717, 1.165) is 63.5 Å². The maximum absolute atomic E-state index is 12.5. The summed E-state index contributed by atoms with van der Waals surface area (Å²) in [4.78, 5) is 17.5. The average Bonchev–Trinajstić information content (AvgIpc) is 3.38. The van der Waals surface area contributed by atoms with Crippen LogP contribution < -0.4 is 0 Å². The van der Waals surface area contributed by atoms with Gasteiger partial charge in [-0.1, -0.05) is 68.1 Å². The predicted molar refractivity (Wildman–Crippen MR) is 156 cm³/mol. The van der Waals surface area contributed by atoms with Crippen molar-refractivity contribution in [2.24, 2.45) is 17.8 Å². The normalized spacial score (nSPS) is 24.4. The lowest BCUT2D eigenvalue weighted by Gasteiger charge is -2.35. The van der Waals surface area contributed by atoms with E-state index in [9.17, 15) is 9.90 Å². The van der Waals surface area contributed by atoms with Crippen LogP contribution in [-0.4, -0.2) is 59.6 Å². The minimum Gasteiger partial charge on any atom is -0.480 e. The first-order chi connectivity index (χ1) is 19.1. The molecule has 2 saturated heterocycles. The summed E-state index contributed by atoms with van der Waals surface area (Å²) in [5, 5.41) is 19.3. The second-order valence-electron chi connectivity index (χ2n) is 12.4. The maximum Gasteiger partial charge on any atom is 0.321 e. The predicted octanol–water partition coefficient (Wildman–Crippen LogP) is 6.34. The fraction of sp³-hybridized carbons (Fsp3) is 0.588. The van der Waals surface area contributed by atoms with E-state index in [4.69, 9.17) is 5.26 Å². The van der Waals surface area contributed by atoms with E-state index < -0.39 is 5.97 Å². The molecule has 2 aliphatic heterocycles. The molecule has 39 heavy (non-hydrogen) atoms. The molecule has 0 unspecified atom stereocenters. The number of aliphatic carboxylic acids is 1. The van der Waals surface area contributed by atoms with Gasteiger partial charge in [-0.25, -0.2) is 0 Å². The minimum absolute atomic E-state index is 0.298. The Morgan fingerprint density at radius 3 is 2.33 bits per heavy atom. The van der Waals surface area contributed by atoms with E-state index in [1.165, 1.54) is 56.1 Å². The number of aryl methyl sites for hydroxylation is 1. The maximum atomic E-state index is 12.5. The van der Waals surface area contributed by atoms with Gasteiger partial charge in [-0.05, 0) is 92.6 Å². The van der Waals surface area contributed by atoms with Gasteiger partial charge in [0.15, 0.2) is 0 Å². The van der Waals surface area contributed by atoms with Crippen molar-refractivity contribution in [1.82, 2.24) is 9.80 Å². The third-order valence-corrected chi connectivity index (χ3v) is 9.80. The van der Waals surface area contributed by atoms with E-state index in [1.807, 2.05) is 12.1 Å². The molecule has 0 spiro atoms. The average molecular weight is 528 g/mol. The Kier molecular flexibility index (Phi) is 9.71. The first-order valence-corrected chi connectivity index (χ1v) is 15.3. The van der Waals surface area contributed by atoms with Crippen molar-refractivity contribution in [1.29, 1.82) is 5.26 Å². The highest BCUT2D eigenvalue weighted by atomic mass is 16.4. The van der Waals surface area contributed by atoms with Gasteiger partial charge in [-0.15, -0.1) is 0 Å². The molecule has 1 saturated carbocycles. The number of nitrogens with zero attached hydrogens (tertiary/aromatic N) is 3. The quantitative estimate of drug-likeness (QED) is 0.390. The second kappa shape index (κ2) is 13.6. The van der Waals surface area contributed by atoms with Gasteiger partial charge in [0.2, 0.25) is 0 Å². The SMILES string of the molecule is N#Cc1ccc(CCCC2CCN(C[C@H]3CN([C@@H](C(=O)O)C4CCCCC4)C[C@@H]3c3ccccc3)CC2)cc1. The molecule has 2 aromatic carbocycles. The topological polar surface area (TPSA) is 67.6 Å². The van der Waals surface area contributed by atoms with E-state index >= 15 is 0 Å². The van der Waals surface area contributed by atoms with Gasteiger partial charge in [0.05, 0.1) is 11.6 Å². The zero-order valence-electron chi connectivity index (χ0n) is 23.4. The molecule has 1 N–H and O–H groups in total. The first kappa shape index (κ1) is 27.9. The van der Waals surface area contributed by atoms with Crippen LogP contribution in [0.4, 0.5) is 0 Å². The van der Waals surface area contributed by atoms with Crippen LogP contribution in [0.5, 0.6) is 0 Å². The number of benzene rings is 2. The Hall–Kier alpha value is -2.68. The highest BCUT2D eigenvalue weighted by Gasteiger charge is 2.43. The lowest BCUT2D eigenvalue weighted by atomic mass is 9.83. The molecule has 2 aromatic rings. The van der Waals surface area contributed by atoms with Gasteiger partial charge in [0.1, 0.15) is 6.04 Å². The molecule has 0 aromatic heterocycles. The second-order valence-corrected chi connectivity index (χ2v) is 12.4. The van der Waals surface area contributed by atoms with Crippen molar-refractivity contribution in [3.05, 3.63) is 71.3 Å². The van der Waals surface area contributed by atoms with Crippen molar-refractivity contribution in [2.75, 3.05) is 32.7 Å². The molecule has 1 aliphatic carbocycles. The zero-order chi connectivity index (χ0) is 27.0. The number of hydrogen-bond donors (Lipinski definition) is 1. The molecular formula is C34H45N3O2. The molecule has 0 amide bonds. The number of rotatable bonds is 10. The molecular weight excluding hydrogens is 482 g/mol. The van der Waals surface area contributed by atoms with Crippen molar-refractivity contribution < 1.29 is 9.90 Å². The molecule has 3 atom stereocenters. The molecule has 5 nitrogen and oxygen atoms in total. The summed E-state index contributed by atoms with van der Waals surface area (Å²) in [7, 11) is 0. The summed E-state index contributed by atoms with van der Waals surface area (Å²) in [6.45, 7) is 5.16. The Morgan fingerprint density at radius 2 is 1.67 bits per heavy atom. The monoisotopic (exact) mass is 527 g/mol. The number of hydrogen-bond acceptors (Lipinski definition) is 4. The van der Waals surface area contributed by atoms with Crippen molar-refractivity contribution in [3.8, 4) is 6.07 Å². The van der Waals surface area contributed by atoms with Crippen LogP contribution in [0.25, 0.3) is 0 Å². The lowest BCUT2D eigenvalue weighted by molar-refractivity contribution is -0.145. The van der Waals surface area contributed by atoms with Gasteiger partial charge >= 0.3 is 5.97 Å². The Balaban J connectivity index is 1.15. The summed E-state index contributed by atoms with van der Waals surface area (Å²) in [5.74, 6) is 1.36. The van der Waals surface area contributed by atoms with Crippen molar-refractivity contribution >= 4 is 5.97 Å². The van der Waals surface area contributed by atoms with Gasteiger partial charge in [0, 0.05) is 25.6 Å². The molecule has 2 heterocycles. The summed E-state index contributed by atoms with van der Waals surface area (Å²) in [6, 6.07) is 20.8. The molecule has 0 radical (unpaired) electrons. The van der Waals surface area contributed by atoms with Crippen molar-refractivity contribution in [2.45, 2.75) is 76.2 Å². The van der Waals surface area contributed by atoms with Crippen LogP contribution in [0, 0.1) is 29.1 Å². The van der Waals surface area contributed by atoms with Gasteiger partial charge < -0.3 is 10.0 Å². The molecule has 0 bridgehead atoms. The third kappa shape index (κ3) is 7.29. The summed E-state index contributed by atoms with van der Waals surface area (Å²) in [5.41, 5.74) is 3.44. The van der Waals surface area contributed by atoms with Gasteiger partial charge in [-0.3, -0.25) is 9.69 Å². The smallest absolute Gasteiger partial charge is 0.321 e. The summed E-state index contributed by atoms with van der Waals surface area (Å²) >= 11 is 0. The first-order valence-electron chi connectivity index (χ1n) is 15.3. The van der Waals surface area contributed by atoms with Crippen LogP contribution in [0.15, 0.2) is 54.6 Å². The van der Waals surface area contributed by atoms with Gasteiger partial charge in [-0.2, -0.15) is 5.26 Å². The number of likely N-dealkylation sites (tertiary alicyclic amines) is 2. The fourth-order valence-corrected chi connectivity index (χ4v) is 7.63.